The van der Waals surface area contributed by atoms with Gasteiger partial charge in [0.1, 0.15) is 6.04 Å². The second-order valence-electron chi connectivity index (χ2n) is 10.6. The van der Waals surface area contributed by atoms with E-state index in [0.717, 1.165) is 25.7 Å². The van der Waals surface area contributed by atoms with E-state index in [2.05, 4.69) is 36.2 Å². The van der Waals surface area contributed by atoms with E-state index in [1.807, 2.05) is 32.0 Å². The van der Waals surface area contributed by atoms with Gasteiger partial charge in [-0.1, -0.05) is 70.6 Å². The zero-order chi connectivity index (χ0) is 30.0. The van der Waals surface area contributed by atoms with Gasteiger partial charge in [0.15, 0.2) is 0 Å². The number of aromatic nitrogens is 3. The van der Waals surface area contributed by atoms with Gasteiger partial charge in [-0.05, 0) is 30.9 Å². The maximum atomic E-state index is 12.0. The van der Waals surface area contributed by atoms with Crippen LogP contribution in [-0.4, -0.2) is 83.5 Å². The lowest BCUT2D eigenvalue weighted by Crippen LogP contribution is -2.36. The van der Waals surface area contributed by atoms with E-state index in [1.165, 1.54) is 19.3 Å². The summed E-state index contributed by atoms with van der Waals surface area (Å²) in [4.78, 5) is 37.4. The highest BCUT2D eigenvalue weighted by Gasteiger charge is 2.25. The molecule has 0 unspecified atom stereocenters. The van der Waals surface area contributed by atoms with Crippen LogP contribution in [0.4, 0.5) is 17.8 Å². The number of rotatable bonds is 18. The summed E-state index contributed by atoms with van der Waals surface area (Å²) in [5, 5.41) is 22.2. The van der Waals surface area contributed by atoms with Crippen LogP contribution >= 0.6 is 0 Å². The number of ether oxygens (including phenoxy) is 2. The van der Waals surface area contributed by atoms with Crippen LogP contribution in [-0.2, 0) is 14.3 Å². The lowest BCUT2D eigenvalue weighted by molar-refractivity contribution is -0.139. The van der Waals surface area contributed by atoms with Gasteiger partial charge in [-0.25, -0.2) is 4.79 Å². The number of hydrogen-bond donors (Lipinski definition) is 5. The summed E-state index contributed by atoms with van der Waals surface area (Å²) >= 11 is 0. The molecule has 0 saturated heterocycles. The zero-order valence-electron chi connectivity index (χ0n) is 24.9. The van der Waals surface area contributed by atoms with E-state index < -0.39 is 12.0 Å². The van der Waals surface area contributed by atoms with E-state index in [1.54, 1.807) is 12.1 Å². The highest BCUT2D eigenvalue weighted by atomic mass is 16.5. The average molecular weight is 586 g/mol. The van der Waals surface area contributed by atoms with Crippen LogP contribution in [0.3, 0.4) is 0 Å². The first-order valence-corrected chi connectivity index (χ1v) is 15.2. The second-order valence-corrected chi connectivity index (χ2v) is 10.6. The van der Waals surface area contributed by atoms with Crippen molar-refractivity contribution in [3.05, 3.63) is 35.9 Å². The molecule has 1 aromatic heterocycles. The molecule has 2 atom stereocenters. The van der Waals surface area contributed by atoms with Crippen molar-refractivity contribution in [1.82, 2.24) is 20.3 Å². The van der Waals surface area contributed by atoms with Crippen LogP contribution < -0.4 is 21.3 Å². The Kier molecular flexibility index (Phi) is 14.8. The third-order valence-electron chi connectivity index (χ3n) is 7.31. The molecule has 0 spiro atoms. The molecule has 232 valence electrons. The number of nitrogens with zero attached hydrogens (tertiary/aromatic N) is 3. The third-order valence-corrected chi connectivity index (χ3v) is 7.31. The fourth-order valence-electron chi connectivity index (χ4n) is 4.67. The Balaban J connectivity index is 1.44. The maximum absolute atomic E-state index is 12.0. The molecule has 12 nitrogen and oxygen atoms in total. The van der Waals surface area contributed by atoms with Crippen LogP contribution in [0.2, 0.25) is 0 Å². The van der Waals surface area contributed by atoms with Gasteiger partial charge in [0.05, 0.1) is 26.4 Å². The number of aliphatic carboxylic acids is 1. The fourth-order valence-corrected chi connectivity index (χ4v) is 4.67. The van der Waals surface area contributed by atoms with Gasteiger partial charge < -0.3 is 35.8 Å². The molecule has 0 aliphatic heterocycles. The van der Waals surface area contributed by atoms with Crippen molar-refractivity contribution in [2.24, 2.45) is 5.92 Å². The number of nitrogens with one attached hydrogen (secondary N) is 4. The highest BCUT2D eigenvalue weighted by Crippen LogP contribution is 2.21. The van der Waals surface area contributed by atoms with Crippen molar-refractivity contribution in [2.75, 3.05) is 55.5 Å². The maximum Gasteiger partial charge on any atom is 0.326 e. The number of amides is 1. The van der Waals surface area contributed by atoms with Crippen molar-refractivity contribution in [1.29, 1.82) is 0 Å². The summed E-state index contributed by atoms with van der Waals surface area (Å²) in [6.07, 6.45) is 8.90. The molecule has 0 bridgehead atoms. The molecule has 0 radical (unpaired) electrons. The zero-order valence-corrected chi connectivity index (χ0v) is 24.9. The first kappa shape index (κ1) is 33.0. The van der Waals surface area contributed by atoms with Crippen LogP contribution in [0.15, 0.2) is 30.3 Å². The molecule has 2 aromatic rings. The van der Waals surface area contributed by atoms with Crippen LogP contribution in [0.5, 0.6) is 0 Å². The number of anilines is 3. The summed E-state index contributed by atoms with van der Waals surface area (Å²) in [5.41, 5.74) is 0.620. The van der Waals surface area contributed by atoms with E-state index >= 15 is 0 Å². The number of carbonyl (C=O) groups is 2. The number of carboxylic acid groups (broad SMARTS) is 1. The molecule has 1 amide bonds. The molecule has 1 fully saturated rings. The van der Waals surface area contributed by atoms with Crippen LogP contribution in [0.1, 0.15) is 75.6 Å². The van der Waals surface area contributed by atoms with Gasteiger partial charge in [-0.15, -0.1) is 0 Å². The largest absolute Gasteiger partial charge is 0.480 e. The minimum absolute atomic E-state index is 0.103. The summed E-state index contributed by atoms with van der Waals surface area (Å²) in [6.45, 7) is 6.32. The number of carboxylic acids is 1. The smallest absolute Gasteiger partial charge is 0.326 e. The second kappa shape index (κ2) is 18.8. The Morgan fingerprint density at radius 1 is 0.881 bits per heavy atom. The molecule has 1 heterocycles. The standard InChI is InChI=1S/C30H47N7O5/c1-3-22(2)25(27(39)40)34-30-36-28(35-29(37-30)33-24-14-10-5-4-6-11-15-24)32-17-19-42-21-20-41-18-16-31-26(38)23-12-8-7-9-13-23/h7-9,12-13,22,24-25H,3-6,10-11,14-21H2,1-2H3,(H,31,38)(H,39,40)(H3,32,33,34,35,36,37)/t22-,25-/m0/s1. The monoisotopic (exact) mass is 585 g/mol. The summed E-state index contributed by atoms with van der Waals surface area (Å²) < 4.78 is 11.2. The van der Waals surface area contributed by atoms with Gasteiger partial charge in [0.25, 0.3) is 5.91 Å². The van der Waals surface area contributed by atoms with E-state index in [9.17, 15) is 14.7 Å². The predicted molar refractivity (Wildman–Crippen MR) is 163 cm³/mol. The predicted octanol–water partition coefficient (Wildman–Crippen LogP) is 4.18. The Morgan fingerprint density at radius 2 is 1.50 bits per heavy atom. The fraction of sp³-hybridized carbons (Fsp3) is 0.633. The number of hydrogen-bond acceptors (Lipinski definition) is 10. The third kappa shape index (κ3) is 12.2. The topological polar surface area (TPSA) is 160 Å². The minimum Gasteiger partial charge on any atom is -0.480 e. The normalized spacial score (nSPS) is 15.6. The summed E-state index contributed by atoms with van der Waals surface area (Å²) in [7, 11) is 0. The summed E-state index contributed by atoms with van der Waals surface area (Å²) in [5.74, 6) is -0.163. The first-order chi connectivity index (χ1) is 20.5. The molecule has 3 rings (SSSR count). The Bertz CT molecular complexity index is 1070. The van der Waals surface area contributed by atoms with E-state index in [4.69, 9.17) is 9.47 Å². The van der Waals surface area contributed by atoms with Gasteiger partial charge in [0.2, 0.25) is 17.8 Å². The van der Waals surface area contributed by atoms with Crippen LogP contribution in [0.25, 0.3) is 0 Å². The minimum atomic E-state index is -0.942. The lowest BCUT2D eigenvalue weighted by Gasteiger charge is -2.23. The SMILES string of the molecule is CC[C@H](C)[C@H](Nc1nc(NCCOCCOCCNC(=O)c2ccccc2)nc(NC2CCCCCCC2)n1)C(=O)O. The quantitative estimate of drug-likeness (QED) is 0.160. The molecule has 1 aliphatic carbocycles. The molecule has 1 aromatic carbocycles. The van der Waals surface area contributed by atoms with E-state index in [0.29, 0.717) is 63.4 Å². The van der Waals surface area contributed by atoms with E-state index in [-0.39, 0.29) is 23.8 Å². The Labute approximate surface area is 248 Å². The van der Waals surface area contributed by atoms with Crippen LogP contribution in [0, 0.1) is 5.92 Å². The average Bonchev–Trinajstić information content (AvgIpc) is 2.98. The van der Waals surface area contributed by atoms with Gasteiger partial charge in [-0.2, -0.15) is 15.0 Å². The van der Waals surface area contributed by atoms with Crippen molar-refractivity contribution in [3.63, 3.8) is 0 Å². The van der Waals surface area contributed by atoms with Crippen molar-refractivity contribution < 1.29 is 24.2 Å². The van der Waals surface area contributed by atoms with Gasteiger partial charge in [-0.3, -0.25) is 4.79 Å². The molecule has 1 aliphatic rings. The van der Waals surface area contributed by atoms with Gasteiger partial charge in [0, 0.05) is 24.7 Å². The Morgan fingerprint density at radius 3 is 2.17 bits per heavy atom. The van der Waals surface area contributed by atoms with Crippen molar-refractivity contribution in [2.45, 2.75) is 77.3 Å². The first-order valence-electron chi connectivity index (χ1n) is 15.2. The molecular weight excluding hydrogens is 538 g/mol. The molecular formula is C30H47N7O5. The Hall–Kier alpha value is -3.51. The molecule has 5 N–H and O–H groups in total. The molecule has 42 heavy (non-hydrogen) atoms. The number of benzene rings is 1. The van der Waals surface area contributed by atoms with Gasteiger partial charge >= 0.3 is 5.97 Å². The van der Waals surface area contributed by atoms with Crippen molar-refractivity contribution >= 4 is 29.7 Å². The molecule has 12 heteroatoms. The molecule has 1 saturated carbocycles. The highest BCUT2D eigenvalue weighted by molar-refractivity contribution is 5.94. The lowest BCUT2D eigenvalue weighted by atomic mass is 9.97. The number of carbonyl (C=O) groups excluding carboxylic acids is 1. The van der Waals surface area contributed by atoms with Crippen molar-refractivity contribution in [3.8, 4) is 0 Å². The summed E-state index contributed by atoms with van der Waals surface area (Å²) in [6, 6.07) is 8.51.